The van der Waals surface area contributed by atoms with Gasteiger partial charge in [0, 0.05) is 24.6 Å². The lowest BCUT2D eigenvalue weighted by Gasteiger charge is -2.30. The SMILES string of the molecule is N#CC1(c2c(C(=O)O)cn3cc([C@@H]4CCOC5(CC5)C4)ccc23)CC1. The van der Waals surface area contributed by atoms with E-state index in [-0.39, 0.29) is 11.2 Å². The number of hydrogen-bond acceptors (Lipinski definition) is 3. The van der Waals surface area contributed by atoms with Gasteiger partial charge >= 0.3 is 5.97 Å². The number of rotatable bonds is 3. The molecular weight excluding hydrogens is 316 g/mol. The van der Waals surface area contributed by atoms with E-state index in [0.717, 1.165) is 50.6 Å². The highest BCUT2D eigenvalue weighted by atomic mass is 16.5. The van der Waals surface area contributed by atoms with E-state index in [4.69, 9.17) is 4.74 Å². The van der Waals surface area contributed by atoms with Crippen LogP contribution in [0.5, 0.6) is 0 Å². The van der Waals surface area contributed by atoms with Crippen molar-refractivity contribution < 1.29 is 14.6 Å². The molecule has 3 fully saturated rings. The van der Waals surface area contributed by atoms with Crippen molar-refractivity contribution >= 4 is 11.5 Å². The lowest BCUT2D eigenvalue weighted by molar-refractivity contribution is -0.0132. The molecule has 128 valence electrons. The smallest absolute Gasteiger partial charge is 0.337 e. The minimum Gasteiger partial charge on any atom is -0.478 e. The third-order valence-corrected chi connectivity index (χ3v) is 6.24. The number of ether oxygens (including phenoxy) is 1. The Labute approximate surface area is 145 Å². The quantitative estimate of drug-likeness (QED) is 0.929. The van der Waals surface area contributed by atoms with Gasteiger partial charge in [-0.15, -0.1) is 0 Å². The van der Waals surface area contributed by atoms with Gasteiger partial charge in [0.05, 0.1) is 28.2 Å². The summed E-state index contributed by atoms with van der Waals surface area (Å²) in [6, 6.07) is 6.46. The van der Waals surface area contributed by atoms with Crippen LogP contribution in [0.15, 0.2) is 24.5 Å². The zero-order valence-electron chi connectivity index (χ0n) is 14.0. The van der Waals surface area contributed by atoms with Crippen molar-refractivity contribution in [1.82, 2.24) is 4.40 Å². The molecule has 0 radical (unpaired) electrons. The van der Waals surface area contributed by atoms with E-state index in [9.17, 15) is 15.2 Å². The summed E-state index contributed by atoms with van der Waals surface area (Å²) in [6.07, 6.45) is 9.61. The summed E-state index contributed by atoms with van der Waals surface area (Å²) in [5.41, 5.74) is 2.56. The van der Waals surface area contributed by atoms with Crippen LogP contribution in [-0.4, -0.2) is 27.7 Å². The molecule has 5 heteroatoms. The van der Waals surface area contributed by atoms with Gasteiger partial charge in [0.2, 0.25) is 0 Å². The molecule has 3 aliphatic rings. The van der Waals surface area contributed by atoms with Gasteiger partial charge in [-0.1, -0.05) is 6.07 Å². The first kappa shape index (κ1) is 15.0. The minimum atomic E-state index is -0.954. The molecule has 0 amide bonds. The molecule has 1 saturated heterocycles. The van der Waals surface area contributed by atoms with Crippen molar-refractivity contribution in [3.8, 4) is 6.07 Å². The van der Waals surface area contributed by atoms with Gasteiger partial charge < -0.3 is 14.2 Å². The summed E-state index contributed by atoms with van der Waals surface area (Å²) >= 11 is 0. The average Bonchev–Trinajstić information content (AvgIpc) is 3.53. The number of carbonyl (C=O) groups is 1. The monoisotopic (exact) mass is 336 g/mol. The predicted molar refractivity (Wildman–Crippen MR) is 90.8 cm³/mol. The second-order valence-corrected chi connectivity index (χ2v) is 7.89. The highest BCUT2D eigenvalue weighted by Gasteiger charge is 2.49. The van der Waals surface area contributed by atoms with E-state index in [1.807, 2.05) is 10.5 Å². The Balaban J connectivity index is 1.59. The molecule has 2 saturated carbocycles. The Morgan fingerprint density at radius 2 is 2.08 bits per heavy atom. The van der Waals surface area contributed by atoms with Crippen LogP contribution < -0.4 is 0 Å². The molecule has 5 nitrogen and oxygen atoms in total. The maximum Gasteiger partial charge on any atom is 0.337 e. The number of carboxylic acids is 1. The fourth-order valence-electron chi connectivity index (χ4n) is 4.44. The van der Waals surface area contributed by atoms with Crippen LogP contribution in [0, 0.1) is 11.3 Å². The lowest BCUT2D eigenvalue weighted by atomic mass is 9.88. The van der Waals surface area contributed by atoms with Crippen LogP contribution in [0.1, 0.15) is 65.9 Å². The fraction of sp³-hybridized carbons (Fsp3) is 0.500. The normalized spacial score (nSPS) is 25.6. The molecule has 0 aromatic carbocycles. The number of hydrogen-bond donors (Lipinski definition) is 1. The molecule has 1 aliphatic heterocycles. The number of nitrogens with zero attached hydrogens (tertiary/aromatic N) is 2. The number of pyridine rings is 1. The van der Waals surface area contributed by atoms with E-state index in [1.54, 1.807) is 6.20 Å². The largest absolute Gasteiger partial charge is 0.478 e. The highest BCUT2D eigenvalue weighted by Crippen LogP contribution is 2.52. The average molecular weight is 336 g/mol. The lowest BCUT2D eigenvalue weighted by Crippen LogP contribution is -2.26. The summed E-state index contributed by atoms with van der Waals surface area (Å²) in [7, 11) is 0. The Hall–Kier alpha value is -2.32. The van der Waals surface area contributed by atoms with Crippen molar-refractivity contribution in [2.24, 2.45) is 0 Å². The van der Waals surface area contributed by atoms with Crippen LogP contribution in [0.3, 0.4) is 0 Å². The standard InChI is InChI=1S/C20H20N2O3/c21-12-19(4-5-19)17-15(18(23)24)11-22-10-14(1-2-16(17)22)13-3-8-25-20(9-13)6-7-20/h1-2,10-11,13H,3-9H2,(H,23,24)/t13-/m1/s1. The van der Waals surface area contributed by atoms with Crippen LogP contribution >= 0.6 is 0 Å². The molecule has 3 heterocycles. The van der Waals surface area contributed by atoms with Gasteiger partial charge in [-0.05, 0) is 56.1 Å². The summed E-state index contributed by atoms with van der Waals surface area (Å²) in [5, 5.41) is 19.2. The second kappa shape index (κ2) is 4.86. The van der Waals surface area contributed by atoms with Crippen molar-refractivity contribution in [3.05, 3.63) is 41.2 Å². The van der Waals surface area contributed by atoms with Crippen LogP contribution in [-0.2, 0) is 10.2 Å². The molecule has 1 N–H and O–H groups in total. The van der Waals surface area contributed by atoms with Gasteiger partial charge in [-0.25, -0.2) is 4.79 Å². The molecule has 1 atom stereocenters. The molecule has 2 aromatic heterocycles. The first-order valence-electron chi connectivity index (χ1n) is 9.00. The Morgan fingerprint density at radius 1 is 1.28 bits per heavy atom. The summed E-state index contributed by atoms with van der Waals surface area (Å²) in [4.78, 5) is 11.7. The molecular formula is C20H20N2O3. The Morgan fingerprint density at radius 3 is 2.72 bits per heavy atom. The van der Waals surface area contributed by atoms with Crippen molar-refractivity contribution in [3.63, 3.8) is 0 Å². The van der Waals surface area contributed by atoms with Crippen LogP contribution in [0.25, 0.3) is 5.52 Å². The second-order valence-electron chi connectivity index (χ2n) is 7.89. The predicted octanol–water partition coefficient (Wildman–Crippen LogP) is 3.62. The fourth-order valence-corrected chi connectivity index (χ4v) is 4.44. The van der Waals surface area contributed by atoms with Crippen molar-refractivity contribution in [2.45, 2.75) is 55.5 Å². The van der Waals surface area contributed by atoms with Gasteiger partial charge in [0.15, 0.2) is 0 Å². The van der Waals surface area contributed by atoms with Crippen molar-refractivity contribution in [2.75, 3.05) is 6.61 Å². The summed E-state index contributed by atoms with van der Waals surface area (Å²) < 4.78 is 7.83. The Kier molecular flexibility index (Phi) is 2.91. The summed E-state index contributed by atoms with van der Waals surface area (Å²) in [6.45, 7) is 0.803. The number of aromatic carboxylic acids is 1. The zero-order valence-corrected chi connectivity index (χ0v) is 14.0. The topological polar surface area (TPSA) is 74.7 Å². The minimum absolute atomic E-state index is 0.116. The van der Waals surface area contributed by atoms with Gasteiger partial charge in [-0.2, -0.15) is 5.26 Å². The molecule has 5 rings (SSSR count). The molecule has 1 spiro atoms. The van der Waals surface area contributed by atoms with Crippen LogP contribution in [0.4, 0.5) is 0 Å². The van der Waals surface area contributed by atoms with Gasteiger partial charge in [0.1, 0.15) is 0 Å². The molecule has 0 bridgehead atoms. The number of nitriles is 1. The third-order valence-electron chi connectivity index (χ3n) is 6.24. The first-order valence-corrected chi connectivity index (χ1v) is 9.00. The number of carboxylic acid groups (broad SMARTS) is 1. The molecule has 2 aromatic rings. The molecule has 0 unspecified atom stereocenters. The van der Waals surface area contributed by atoms with Crippen molar-refractivity contribution in [1.29, 1.82) is 5.26 Å². The maximum atomic E-state index is 11.7. The van der Waals surface area contributed by atoms with E-state index in [0.29, 0.717) is 11.5 Å². The van der Waals surface area contributed by atoms with Gasteiger partial charge in [0.25, 0.3) is 0 Å². The van der Waals surface area contributed by atoms with Gasteiger partial charge in [-0.3, -0.25) is 0 Å². The maximum absolute atomic E-state index is 11.7. The highest BCUT2D eigenvalue weighted by molar-refractivity contribution is 5.94. The van der Waals surface area contributed by atoms with E-state index >= 15 is 0 Å². The summed E-state index contributed by atoms with van der Waals surface area (Å²) in [5.74, 6) is -0.490. The molecule has 25 heavy (non-hydrogen) atoms. The third kappa shape index (κ3) is 2.21. The van der Waals surface area contributed by atoms with E-state index in [1.165, 1.54) is 5.56 Å². The zero-order chi connectivity index (χ0) is 17.2. The molecule has 2 aliphatic carbocycles. The van der Waals surface area contributed by atoms with E-state index < -0.39 is 11.4 Å². The van der Waals surface area contributed by atoms with Crippen LogP contribution in [0.2, 0.25) is 0 Å². The van der Waals surface area contributed by atoms with E-state index in [2.05, 4.69) is 18.3 Å². The Bertz CT molecular complexity index is 928. The first-order chi connectivity index (χ1) is 12.1. The number of aromatic nitrogens is 1. The number of fused-ring (bicyclic) bond motifs is 1.